The molecule has 0 bridgehead atoms. The van der Waals surface area contributed by atoms with Crippen LogP contribution in [0.4, 0.5) is 5.69 Å². The van der Waals surface area contributed by atoms with Gasteiger partial charge in [0, 0.05) is 12.2 Å². The van der Waals surface area contributed by atoms with Crippen LogP contribution in [-0.4, -0.2) is 29.9 Å². The predicted molar refractivity (Wildman–Crippen MR) is 111 cm³/mol. The molecule has 0 fully saturated rings. The molecule has 0 aliphatic carbocycles. The third-order valence-electron chi connectivity index (χ3n) is 4.57. The summed E-state index contributed by atoms with van der Waals surface area (Å²) in [6.45, 7) is 8.37. The molecule has 2 aromatic rings. The van der Waals surface area contributed by atoms with Crippen molar-refractivity contribution in [3.8, 4) is 5.75 Å². The second kappa shape index (κ2) is 8.57. The highest BCUT2D eigenvalue weighted by atomic mass is 16.5. The minimum atomic E-state index is -0.353. The Morgan fingerprint density at radius 2 is 1.68 bits per heavy atom. The minimum Gasteiger partial charge on any atom is -0.494 e. The maximum Gasteiger partial charge on any atom is 0.278 e. The molecule has 0 radical (unpaired) electrons. The molecule has 1 aliphatic heterocycles. The summed E-state index contributed by atoms with van der Waals surface area (Å²) in [5.74, 6) is 0.0336. The van der Waals surface area contributed by atoms with Crippen molar-refractivity contribution < 1.29 is 14.3 Å². The number of rotatable bonds is 8. The molecular weight excluding hydrogens is 352 g/mol. The Labute approximate surface area is 165 Å². The summed E-state index contributed by atoms with van der Waals surface area (Å²) in [7, 11) is 0. The Balaban J connectivity index is 2.00. The first-order chi connectivity index (χ1) is 13.6. The average molecular weight is 376 g/mol. The number of amides is 2. The van der Waals surface area contributed by atoms with Crippen molar-refractivity contribution in [2.45, 2.75) is 20.3 Å². The summed E-state index contributed by atoms with van der Waals surface area (Å²) in [5.41, 5.74) is 3.27. The molecule has 2 amide bonds. The van der Waals surface area contributed by atoms with E-state index in [2.05, 4.69) is 18.8 Å². The molecule has 144 valence electrons. The molecule has 0 spiro atoms. The van der Waals surface area contributed by atoms with Gasteiger partial charge < -0.3 is 10.1 Å². The maximum absolute atomic E-state index is 12.9. The fraction of sp³-hybridized carbons (Fsp3) is 0.217. The van der Waals surface area contributed by atoms with E-state index in [0.29, 0.717) is 17.7 Å². The van der Waals surface area contributed by atoms with Gasteiger partial charge in [-0.25, -0.2) is 0 Å². The van der Waals surface area contributed by atoms with Crippen LogP contribution in [0.15, 0.2) is 66.9 Å². The minimum absolute atomic E-state index is 0.165. The summed E-state index contributed by atoms with van der Waals surface area (Å²) in [4.78, 5) is 27.0. The molecule has 0 atom stereocenters. The number of hydrogen-bond donors (Lipinski definition) is 1. The third-order valence-corrected chi connectivity index (χ3v) is 4.57. The second-order valence-corrected chi connectivity index (χ2v) is 6.39. The lowest BCUT2D eigenvalue weighted by atomic mass is 10.0. The van der Waals surface area contributed by atoms with Gasteiger partial charge in [-0.15, -0.1) is 6.58 Å². The van der Waals surface area contributed by atoms with Crippen molar-refractivity contribution in [3.63, 3.8) is 0 Å². The van der Waals surface area contributed by atoms with E-state index in [1.165, 1.54) is 10.5 Å². The summed E-state index contributed by atoms with van der Waals surface area (Å²) in [5, 5.41) is 3.15. The SMILES string of the molecule is C=CCN1C(=O)C(Nc2ccc(CC)cc2)=C(c2ccc(OCC)cc2)C1=O. The Morgan fingerprint density at radius 1 is 1.00 bits per heavy atom. The molecule has 0 saturated carbocycles. The first-order valence-corrected chi connectivity index (χ1v) is 9.39. The number of aryl methyl sites for hydroxylation is 1. The number of carbonyl (C=O) groups excluding carboxylic acids is 2. The Morgan fingerprint density at radius 3 is 2.25 bits per heavy atom. The lowest BCUT2D eigenvalue weighted by Crippen LogP contribution is -2.32. The van der Waals surface area contributed by atoms with Crippen LogP contribution in [0.3, 0.4) is 0 Å². The number of nitrogens with zero attached hydrogens (tertiary/aromatic N) is 1. The number of anilines is 1. The number of imide groups is 1. The summed E-state index contributed by atoms with van der Waals surface area (Å²) in [6.07, 6.45) is 2.48. The van der Waals surface area contributed by atoms with Crippen molar-refractivity contribution in [2.75, 3.05) is 18.5 Å². The van der Waals surface area contributed by atoms with Gasteiger partial charge >= 0.3 is 0 Å². The van der Waals surface area contributed by atoms with E-state index in [-0.39, 0.29) is 24.1 Å². The molecule has 1 N–H and O–H groups in total. The maximum atomic E-state index is 12.9. The van der Waals surface area contributed by atoms with Crippen molar-refractivity contribution in [1.29, 1.82) is 0 Å². The number of carbonyl (C=O) groups is 2. The Kier molecular flexibility index (Phi) is 5.94. The second-order valence-electron chi connectivity index (χ2n) is 6.39. The van der Waals surface area contributed by atoms with E-state index in [1.54, 1.807) is 30.3 Å². The highest BCUT2D eigenvalue weighted by Crippen LogP contribution is 2.31. The van der Waals surface area contributed by atoms with Gasteiger partial charge in [-0.3, -0.25) is 14.5 Å². The van der Waals surface area contributed by atoms with Gasteiger partial charge in [0.05, 0.1) is 12.2 Å². The summed E-state index contributed by atoms with van der Waals surface area (Å²) >= 11 is 0. The normalized spacial score (nSPS) is 13.9. The quantitative estimate of drug-likeness (QED) is 0.558. The van der Waals surface area contributed by atoms with E-state index in [0.717, 1.165) is 17.9 Å². The van der Waals surface area contributed by atoms with Crippen LogP contribution in [0.5, 0.6) is 5.75 Å². The molecular formula is C23H24N2O3. The van der Waals surface area contributed by atoms with Gasteiger partial charge in [-0.2, -0.15) is 0 Å². The van der Waals surface area contributed by atoms with E-state index in [9.17, 15) is 9.59 Å². The molecule has 1 aliphatic rings. The molecule has 5 nitrogen and oxygen atoms in total. The van der Waals surface area contributed by atoms with Gasteiger partial charge in [0.15, 0.2) is 0 Å². The van der Waals surface area contributed by atoms with E-state index in [4.69, 9.17) is 4.74 Å². The lowest BCUT2D eigenvalue weighted by Gasteiger charge is -2.12. The number of nitrogens with one attached hydrogen (secondary N) is 1. The monoisotopic (exact) mass is 376 g/mol. The molecule has 3 rings (SSSR count). The molecule has 0 unspecified atom stereocenters. The van der Waals surface area contributed by atoms with Crippen LogP contribution < -0.4 is 10.1 Å². The molecule has 1 heterocycles. The van der Waals surface area contributed by atoms with Gasteiger partial charge in [-0.05, 0) is 48.7 Å². The number of ether oxygens (including phenoxy) is 1. The fourth-order valence-corrected chi connectivity index (χ4v) is 3.11. The fourth-order valence-electron chi connectivity index (χ4n) is 3.11. The van der Waals surface area contributed by atoms with Crippen LogP contribution in [-0.2, 0) is 16.0 Å². The van der Waals surface area contributed by atoms with Gasteiger partial charge in [0.1, 0.15) is 11.4 Å². The van der Waals surface area contributed by atoms with Crippen molar-refractivity contribution in [2.24, 2.45) is 0 Å². The lowest BCUT2D eigenvalue weighted by molar-refractivity contribution is -0.136. The Hall–Kier alpha value is -3.34. The zero-order valence-corrected chi connectivity index (χ0v) is 16.2. The molecule has 28 heavy (non-hydrogen) atoms. The number of hydrogen-bond acceptors (Lipinski definition) is 4. The predicted octanol–water partition coefficient (Wildman–Crippen LogP) is 4.03. The summed E-state index contributed by atoms with van der Waals surface area (Å²) < 4.78 is 5.47. The van der Waals surface area contributed by atoms with Crippen LogP contribution in [0, 0.1) is 0 Å². The average Bonchev–Trinajstić information content (AvgIpc) is 2.94. The van der Waals surface area contributed by atoms with Gasteiger partial charge in [-0.1, -0.05) is 37.3 Å². The zero-order valence-electron chi connectivity index (χ0n) is 16.2. The molecule has 0 aromatic heterocycles. The van der Waals surface area contributed by atoms with Crippen LogP contribution in [0.1, 0.15) is 25.0 Å². The molecule has 2 aromatic carbocycles. The third kappa shape index (κ3) is 3.83. The smallest absolute Gasteiger partial charge is 0.278 e. The van der Waals surface area contributed by atoms with Gasteiger partial charge in [0.25, 0.3) is 11.8 Å². The topological polar surface area (TPSA) is 58.6 Å². The van der Waals surface area contributed by atoms with Crippen LogP contribution in [0.2, 0.25) is 0 Å². The standard InChI is InChI=1S/C23H24N2O3/c1-4-15-25-22(26)20(17-9-13-19(14-10-17)28-6-3)21(23(25)27)24-18-11-7-16(5-2)8-12-18/h4,7-14,24H,1,5-6,15H2,2-3H3. The largest absolute Gasteiger partial charge is 0.494 e. The van der Waals surface area contributed by atoms with E-state index in [1.807, 2.05) is 31.2 Å². The van der Waals surface area contributed by atoms with Crippen molar-refractivity contribution in [1.82, 2.24) is 4.90 Å². The van der Waals surface area contributed by atoms with Crippen LogP contribution in [0.25, 0.3) is 5.57 Å². The van der Waals surface area contributed by atoms with Crippen molar-refractivity contribution in [3.05, 3.63) is 78.0 Å². The van der Waals surface area contributed by atoms with Crippen molar-refractivity contribution >= 4 is 23.1 Å². The molecule has 0 saturated heterocycles. The zero-order chi connectivity index (χ0) is 20.1. The molecule has 5 heteroatoms. The first kappa shape index (κ1) is 19.4. The summed E-state index contributed by atoms with van der Waals surface area (Å²) in [6, 6.07) is 15.0. The first-order valence-electron chi connectivity index (χ1n) is 9.39. The van der Waals surface area contributed by atoms with Gasteiger partial charge in [0.2, 0.25) is 0 Å². The number of benzene rings is 2. The highest BCUT2D eigenvalue weighted by Gasteiger charge is 2.38. The van der Waals surface area contributed by atoms with Crippen LogP contribution >= 0.6 is 0 Å². The Bertz CT molecular complexity index is 912. The van der Waals surface area contributed by atoms with E-state index < -0.39 is 0 Å². The van der Waals surface area contributed by atoms with E-state index >= 15 is 0 Å². The highest BCUT2D eigenvalue weighted by molar-refractivity contribution is 6.36.